The molecule has 3 heteroatoms. The first-order valence-electron chi connectivity index (χ1n) is 7.58. The molecule has 0 atom stereocenters. The van der Waals surface area contributed by atoms with Crippen molar-refractivity contribution >= 4 is 32.6 Å². The van der Waals surface area contributed by atoms with E-state index in [0.29, 0.717) is 13.0 Å². The van der Waals surface area contributed by atoms with Crippen molar-refractivity contribution in [2.24, 2.45) is 0 Å². The van der Waals surface area contributed by atoms with Crippen molar-refractivity contribution < 1.29 is 4.79 Å². The number of carbonyl (C=O) groups excluding carboxylic acids is 1. The first kappa shape index (κ1) is 15.8. The highest BCUT2D eigenvalue weighted by Crippen LogP contribution is 2.19. The number of amides is 1. The van der Waals surface area contributed by atoms with Gasteiger partial charge >= 0.3 is 0 Å². The highest BCUT2D eigenvalue weighted by Gasteiger charge is 2.11. The fourth-order valence-corrected chi connectivity index (χ4v) is 3.04. The van der Waals surface area contributed by atoms with Crippen molar-refractivity contribution in [3.05, 3.63) is 82.3 Å². The van der Waals surface area contributed by atoms with Gasteiger partial charge in [0.2, 0.25) is 5.91 Å². The third-order valence-electron chi connectivity index (χ3n) is 3.96. The van der Waals surface area contributed by atoms with Gasteiger partial charge in [-0.25, -0.2) is 0 Å². The molecule has 0 radical (unpaired) electrons. The van der Waals surface area contributed by atoms with Crippen LogP contribution in [0.4, 0.5) is 0 Å². The fraction of sp³-hybridized carbons (Fsp3) is 0.150. The second kappa shape index (κ2) is 6.97. The minimum absolute atomic E-state index is 0.121. The zero-order chi connectivity index (χ0) is 16.2. The van der Waals surface area contributed by atoms with Crippen LogP contribution in [-0.2, 0) is 17.8 Å². The molecule has 3 rings (SSSR count). The van der Waals surface area contributed by atoms with Crippen LogP contribution in [0.25, 0.3) is 10.8 Å². The van der Waals surface area contributed by atoms with Gasteiger partial charge in [0.1, 0.15) is 0 Å². The van der Waals surface area contributed by atoms with E-state index >= 15 is 0 Å². The van der Waals surface area contributed by atoms with Gasteiger partial charge < -0.3 is 4.90 Å². The molecule has 3 aromatic carbocycles. The number of nitrogens with zero attached hydrogens (tertiary/aromatic N) is 1. The smallest absolute Gasteiger partial charge is 0.227 e. The quantitative estimate of drug-likeness (QED) is 0.648. The van der Waals surface area contributed by atoms with Gasteiger partial charge in [-0.3, -0.25) is 4.79 Å². The van der Waals surface area contributed by atoms with Crippen molar-refractivity contribution in [1.82, 2.24) is 4.90 Å². The number of benzene rings is 3. The molecule has 23 heavy (non-hydrogen) atoms. The highest BCUT2D eigenvalue weighted by molar-refractivity contribution is 9.10. The summed E-state index contributed by atoms with van der Waals surface area (Å²) in [5, 5.41) is 2.37. The SMILES string of the molecule is CN(Cc1ccccc1Br)C(=O)Cc1ccc2ccccc2c1. The summed E-state index contributed by atoms with van der Waals surface area (Å²) < 4.78 is 1.03. The van der Waals surface area contributed by atoms with Crippen molar-refractivity contribution in [2.75, 3.05) is 7.05 Å². The van der Waals surface area contributed by atoms with E-state index in [1.54, 1.807) is 4.90 Å². The Morgan fingerprint density at radius 2 is 1.65 bits per heavy atom. The molecule has 0 saturated carbocycles. The van der Waals surface area contributed by atoms with E-state index in [2.05, 4.69) is 40.2 Å². The first-order valence-corrected chi connectivity index (χ1v) is 8.38. The number of carbonyl (C=O) groups is 1. The van der Waals surface area contributed by atoms with Gasteiger partial charge in [0, 0.05) is 18.1 Å². The lowest BCUT2D eigenvalue weighted by molar-refractivity contribution is -0.129. The van der Waals surface area contributed by atoms with Crippen LogP contribution in [0.3, 0.4) is 0 Å². The molecule has 0 spiro atoms. The van der Waals surface area contributed by atoms with Crippen LogP contribution < -0.4 is 0 Å². The molecule has 116 valence electrons. The Bertz CT molecular complexity index is 844. The lowest BCUT2D eigenvalue weighted by atomic mass is 10.0. The standard InChI is InChI=1S/C20H18BrNO/c1-22(14-18-8-4-5-9-19(18)21)20(23)13-15-10-11-16-6-2-3-7-17(16)12-15/h2-12H,13-14H2,1H3. The van der Waals surface area contributed by atoms with Gasteiger partial charge in [-0.15, -0.1) is 0 Å². The van der Waals surface area contributed by atoms with Crippen LogP contribution >= 0.6 is 15.9 Å². The Hall–Kier alpha value is -2.13. The summed E-state index contributed by atoms with van der Waals surface area (Å²) in [5.41, 5.74) is 2.16. The molecule has 0 aliphatic rings. The largest absolute Gasteiger partial charge is 0.341 e. The Labute approximate surface area is 144 Å². The Kier molecular flexibility index (Phi) is 4.77. The molecule has 0 bridgehead atoms. The predicted molar refractivity (Wildman–Crippen MR) is 98.3 cm³/mol. The van der Waals surface area contributed by atoms with Crippen LogP contribution in [0.1, 0.15) is 11.1 Å². The summed E-state index contributed by atoms with van der Waals surface area (Å²) in [7, 11) is 1.85. The second-order valence-electron chi connectivity index (χ2n) is 5.70. The van der Waals surface area contributed by atoms with E-state index < -0.39 is 0 Å². The number of hydrogen-bond donors (Lipinski definition) is 0. The van der Waals surface area contributed by atoms with E-state index in [1.807, 2.05) is 49.5 Å². The molecule has 0 aliphatic heterocycles. The lowest BCUT2D eigenvalue weighted by Crippen LogP contribution is -2.27. The molecule has 3 aromatic rings. The number of likely N-dealkylation sites (N-methyl/N-ethyl adjacent to an activating group) is 1. The molecular weight excluding hydrogens is 350 g/mol. The molecule has 0 saturated heterocycles. The van der Waals surface area contributed by atoms with Crippen molar-refractivity contribution in [1.29, 1.82) is 0 Å². The zero-order valence-electron chi connectivity index (χ0n) is 13.0. The normalized spacial score (nSPS) is 10.7. The topological polar surface area (TPSA) is 20.3 Å². The lowest BCUT2D eigenvalue weighted by Gasteiger charge is -2.18. The summed E-state index contributed by atoms with van der Waals surface area (Å²) in [4.78, 5) is 14.2. The van der Waals surface area contributed by atoms with Gasteiger partial charge in [-0.2, -0.15) is 0 Å². The van der Waals surface area contributed by atoms with Gasteiger partial charge in [0.05, 0.1) is 6.42 Å². The van der Waals surface area contributed by atoms with E-state index in [9.17, 15) is 4.79 Å². The van der Waals surface area contributed by atoms with Gasteiger partial charge in [-0.05, 0) is 28.0 Å². The van der Waals surface area contributed by atoms with E-state index in [0.717, 1.165) is 15.6 Å². The molecule has 0 unspecified atom stereocenters. The maximum Gasteiger partial charge on any atom is 0.227 e. The van der Waals surface area contributed by atoms with E-state index in [-0.39, 0.29) is 5.91 Å². The minimum atomic E-state index is 0.121. The minimum Gasteiger partial charge on any atom is -0.341 e. The molecule has 0 aliphatic carbocycles. The van der Waals surface area contributed by atoms with E-state index in [1.165, 1.54) is 10.8 Å². The monoisotopic (exact) mass is 367 g/mol. The second-order valence-corrected chi connectivity index (χ2v) is 6.55. The number of hydrogen-bond acceptors (Lipinski definition) is 1. The average Bonchev–Trinajstić information content (AvgIpc) is 2.56. The summed E-state index contributed by atoms with van der Waals surface area (Å²) in [6, 6.07) is 22.4. The molecule has 0 fully saturated rings. The third-order valence-corrected chi connectivity index (χ3v) is 4.73. The molecule has 2 nitrogen and oxygen atoms in total. The summed E-state index contributed by atoms with van der Waals surface area (Å²) in [6.45, 7) is 0.605. The van der Waals surface area contributed by atoms with Crippen LogP contribution in [-0.4, -0.2) is 17.9 Å². The van der Waals surface area contributed by atoms with Crippen LogP contribution in [0.2, 0.25) is 0 Å². The average molecular weight is 368 g/mol. The Balaban J connectivity index is 1.71. The third kappa shape index (κ3) is 3.80. The van der Waals surface area contributed by atoms with Crippen LogP contribution in [0.15, 0.2) is 71.2 Å². The molecule has 0 aromatic heterocycles. The summed E-state index contributed by atoms with van der Waals surface area (Å²) in [5.74, 6) is 0.121. The summed E-state index contributed by atoms with van der Waals surface area (Å²) in [6.07, 6.45) is 0.422. The number of rotatable bonds is 4. The number of halogens is 1. The van der Waals surface area contributed by atoms with Gasteiger partial charge in [-0.1, -0.05) is 76.6 Å². The maximum absolute atomic E-state index is 12.5. The Morgan fingerprint density at radius 3 is 2.43 bits per heavy atom. The first-order chi connectivity index (χ1) is 11.1. The van der Waals surface area contributed by atoms with Crippen LogP contribution in [0.5, 0.6) is 0 Å². The summed E-state index contributed by atoms with van der Waals surface area (Å²) >= 11 is 3.53. The maximum atomic E-state index is 12.5. The highest BCUT2D eigenvalue weighted by atomic mass is 79.9. The predicted octanol–water partition coefficient (Wildman–Crippen LogP) is 4.80. The van der Waals surface area contributed by atoms with Gasteiger partial charge in [0.25, 0.3) is 0 Å². The number of fused-ring (bicyclic) bond motifs is 1. The van der Waals surface area contributed by atoms with E-state index in [4.69, 9.17) is 0 Å². The fourth-order valence-electron chi connectivity index (χ4n) is 2.63. The van der Waals surface area contributed by atoms with Crippen molar-refractivity contribution in [3.63, 3.8) is 0 Å². The Morgan fingerprint density at radius 1 is 0.957 bits per heavy atom. The van der Waals surface area contributed by atoms with Crippen LogP contribution in [0, 0.1) is 0 Å². The molecule has 1 amide bonds. The van der Waals surface area contributed by atoms with Gasteiger partial charge in [0.15, 0.2) is 0 Å². The zero-order valence-corrected chi connectivity index (χ0v) is 14.6. The molecule has 0 heterocycles. The van der Waals surface area contributed by atoms with Crippen molar-refractivity contribution in [2.45, 2.75) is 13.0 Å². The molecular formula is C20H18BrNO. The van der Waals surface area contributed by atoms with Crippen molar-refractivity contribution in [3.8, 4) is 0 Å². The molecule has 0 N–H and O–H groups in total.